The van der Waals surface area contributed by atoms with Gasteiger partial charge in [0.1, 0.15) is 11.6 Å². The number of hydrogen-bond acceptors (Lipinski definition) is 1. The van der Waals surface area contributed by atoms with Crippen molar-refractivity contribution in [3.05, 3.63) is 70.8 Å². The third-order valence-electron chi connectivity index (χ3n) is 3.95. The molecule has 0 radical (unpaired) electrons. The zero-order valence-corrected chi connectivity index (χ0v) is 11.6. The number of nitrogens with zero attached hydrogens (tertiary/aromatic N) is 1. The van der Waals surface area contributed by atoms with E-state index in [1.165, 1.54) is 22.6 Å². The molecule has 2 aromatic rings. The van der Waals surface area contributed by atoms with E-state index in [1.807, 2.05) is 24.3 Å². The molecule has 0 aliphatic heterocycles. The van der Waals surface area contributed by atoms with Gasteiger partial charge in [0.15, 0.2) is 0 Å². The number of halogens is 2. The smallest absolute Gasteiger partial charge is 0.230 e. The van der Waals surface area contributed by atoms with E-state index in [0.717, 1.165) is 18.1 Å². The van der Waals surface area contributed by atoms with E-state index in [4.69, 9.17) is 0 Å². The molecule has 1 aliphatic carbocycles. The van der Waals surface area contributed by atoms with E-state index < -0.39 is 11.6 Å². The van der Waals surface area contributed by atoms with Crippen LogP contribution in [0.25, 0.3) is 0 Å². The highest BCUT2D eigenvalue weighted by molar-refractivity contribution is 5.86. The standard InChI is InChI=1S/C17H15F2NO/c1-20(10-12-6-7-13(18)9-16(12)19)17(21)15-8-11-4-2-3-5-14(11)15/h2-7,9,15H,8,10H2,1H3. The molecule has 21 heavy (non-hydrogen) atoms. The fourth-order valence-corrected chi connectivity index (χ4v) is 2.73. The van der Waals surface area contributed by atoms with Gasteiger partial charge in [-0.1, -0.05) is 30.3 Å². The van der Waals surface area contributed by atoms with Crippen molar-refractivity contribution in [3.8, 4) is 0 Å². The highest BCUT2D eigenvalue weighted by atomic mass is 19.1. The summed E-state index contributed by atoms with van der Waals surface area (Å²) >= 11 is 0. The Kier molecular flexibility index (Phi) is 3.45. The summed E-state index contributed by atoms with van der Waals surface area (Å²) < 4.78 is 26.5. The topological polar surface area (TPSA) is 20.3 Å². The molecule has 1 unspecified atom stereocenters. The minimum atomic E-state index is -0.622. The van der Waals surface area contributed by atoms with Gasteiger partial charge in [0.2, 0.25) is 5.91 Å². The molecular formula is C17H15F2NO. The van der Waals surface area contributed by atoms with Gasteiger partial charge in [-0.25, -0.2) is 8.78 Å². The van der Waals surface area contributed by atoms with Crippen molar-refractivity contribution in [1.29, 1.82) is 0 Å². The van der Waals surface area contributed by atoms with Crippen LogP contribution in [-0.2, 0) is 17.8 Å². The molecule has 0 saturated carbocycles. The Hall–Kier alpha value is -2.23. The number of benzene rings is 2. The van der Waals surface area contributed by atoms with Crippen molar-refractivity contribution in [2.75, 3.05) is 7.05 Å². The van der Waals surface area contributed by atoms with Crippen LogP contribution in [-0.4, -0.2) is 17.9 Å². The Balaban J connectivity index is 1.72. The van der Waals surface area contributed by atoms with E-state index in [9.17, 15) is 13.6 Å². The van der Waals surface area contributed by atoms with Gasteiger partial charge in [0, 0.05) is 25.2 Å². The number of amides is 1. The Morgan fingerprint density at radius 1 is 1.24 bits per heavy atom. The lowest BCUT2D eigenvalue weighted by Gasteiger charge is -2.32. The summed E-state index contributed by atoms with van der Waals surface area (Å²) in [4.78, 5) is 13.9. The Labute approximate surface area is 122 Å². The monoisotopic (exact) mass is 287 g/mol. The fourth-order valence-electron chi connectivity index (χ4n) is 2.73. The van der Waals surface area contributed by atoms with Crippen molar-refractivity contribution in [1.82, 2.24) is 4.90 Å². The highest BCUT2D eigenvalue weighted by Gasteiger charge is 2.33. The zero-order valence-electron chi connectivity index (χ0n) is 11.6. The second-order valence-corrected chi connectivity index (χ2v) is 5.39. The number of rotatable bonds is 3. The zero-order chi connectivity index (χ0) is 15.0. The van der Waals surface area contributed by atoms with E-state index in [-0.39, 0.29) is 18.4 Å². The Bertz CT molecular complexity index is 699. The first-order chi connectivity index (χ1) is 10.1. The molecule has 0 saturated heterocycles. The molecule has 0 heterocycles. The summed E-state index contributed by atoms with van der Waals surface area (Å²) in [5.41, 5.74) is 2.56. The first-order valence-electron chi connectivity index (χ1n) is 6.83. The second-order valence-electron chi connectivity index (χ2n) is 5.39. The second kappa shape index (κ2) is 5.28. The highest BCUT2D eigenvalue weighted by Crippen LogP contribution is 2.36. The van der Waals surface area contributed by atoms with E-state index in [2.05, 4.69) is 0 Å². The predicted molar refractivity (Wildman–Crippen MR) is 75.7 cm³/mol. The van der Waals surface area contributed by atoms with Crippen LogP contribution >= 0.6 is 0 Å². The molecule has 0 spiro atoms. The Morgan fingerprint density at radius 3 is 2.71 bits per heavy atom. The largest absolute Gasteiger partial charge is 0.341 e. The number of likely N-dealkylation sites (N-methyl/N-ethyl adjacent to an activating group) is 1. The van der Waals surface area contributed by atoms with Gasteiger partial charge in [-0.05, 0) is 23.6 Å². The molecule has 0 fully saturated rings. The van der Waals surface area contributed by atoms with Gasteiger partial charge in [-0.2, -0.15) is 0 Å². The number of hydrogen-bond donors (Lipinski definition) is 0. The molecule has 2 aromatic carbocycles. The average Bonchev–Trinajstić information content (AvgIpc) is 2.43. The van der Waals surface area contributed by atoms with Crippen LogP contribution < -0.4 is 0 Å². The third-order valence-corrected chi connectivity index (χ3v) is 3.95. The van der Waals surface area contributed by atoms with E-state index >= 15 is 0 Å². The first-order valence-corrected chi connectivity index (χ1v) is 6.83. The SMILES string of the molecule is CN(Cc1ccc(F)cc1F)C(=O)C1Cc2ccccc21. The molecule has 3 rings (SSSR count). The lowest BCUT2D eigenvalue weighted by atomic mass is 9.77. The van der Waals surface area contributed by atoms with Gasteiger partial charge in [-0.3, -0.25) is 4.79 Å². The van der Waals surface area contributed by atoms with Crippen molar-refractivity contribution >= 4 is 5.91 Å². The molecule has 0 aromatic heterocycles. The van der Waals surface area contributed by atoms with Gasteiger partial charge in [0.25, 0.3) is 0 Å². The minimum Gasteiger partial charge on any atom is -0.341 e. The maximum atomic E-state index is 13.6. The van der Waals surface area contributed by atoms with Crippen LogP contribution in [0.3, 0.4) is 0 Å². The molecule has 1 amide bonds. The quantitative estimate of drug-likeness (QED) is 0.848. The van der Waals surface area contributed by atoms with Crippen molar-refractivity contribution in [2.45, 2.75) is 18.9 Å². The lowest BCUT2D eigenvalue weighted by Crippen LogP contribution is -2.36. The summed E-state index contributed by atoms with van der Waals surface area (Å²) in [5, 5.41) is 0. The summed E-state index contributed by atoms with van der Waals surface area (Å²) in [5.74, 6) is -1.41. The third kappa shape index (κ3) is 2.53. The summed E-state index contributed by atoms with van der Waals surface area (Å²) in [6, 6.07) is 11.3. The summed E-state index contributed by atoms with van der Waals surface area (Å²) in [7, 11) is 1.64. The van der Waals surface area contributed by atoms with Crippen LogP contribution in [0.4, 0.5) is 8.78 Å². The number of carbonyl (C=O) groups excluding carboxylic acids is 1. The predicted octanol–water partition coefficient (Wildman–Crippen LogP) is 3.26. The molecule has 0 N–H and O–H groups in total. The van der Waals surface area contributed by atoms with E-state index in [0.29, 0.717) is 5.56 Å². The van der Waals surface area contributed by atoms with E-state index in [1.54, 1.807) is 7.05 Å². The maximum Gasteiger partial charge on any atom is 0.230 e. The molecule has 1 atom stereocenters. The van der Waals surface area contributed by atoms with Gasteiger partial charge < -0.3 is 4.90 Å². The molecule has 4 heteroatoms. The average molecular weight is 287 g/mol. The molecule has 2 nitrogen and oxygen atoms in total. The summed E-state index contributed by atoms with van der Waals surface area (Å²) in [6.07, 6.45) is 0.727. The van der Waals surface area contributed by atoms with Crippen LogP contribution in [0.15, 0.2) is 42.5 Å². The van der Waals surface area contributed by atoms with Crippen LogP contribution in [0.2, 0.25) is 0 Å². The first kappa shape index (κ1) is 13.7. The van der Waals surface area contributed by atoms with Crippen molar-refractivity contribution in [2.24, 2.45) is 0 Å². The molecule has 0 bridgehead atoms. The fraction of sp³-hybridized carbons (Fsp3) is 0.235. The molecular weight excluding hydrogens is 272 g/mol. The lowest BCUT2D eigenvalue weighted by molar-refractivity contribution is -0.132. The van der Waals surface area contributed by atoms with Gasteiger partial charge in [0.05, 0.1) is 5.92 Å². The molecule has 108 valence electrons. The number of fused-ring (bicyclic) bond motifs is 1. The normalized spacial score (nSPS) is 16.0. The van der Waals surface area contributed by atoms with Gasteiger partial charge in [-0.15, -0.1) is 0 Å². The van der Waals surface area contributed by atoms with Crippen LogP contribution in [0, 0.1) is 11.6 Å². The minimum absolute atomic E-state index is 0.0302. The Morgan fingerprint density at radius 2 is 2.00 bits per heavy atom. The van der Waals surface area contributed by atoms with Crippen molar-refractivity contribution in [3.63, 3.8) is 0 Å². The number of carbonyl (C=O) groups is 1. The molecule has 1 aliphatic rings. The van der Waals surface area contributed by atoms with Crippen LogP contribution in [0.5, 0.6) is 0 Å². The summed E-state index contributed by atoms with van der Waals surface area (Å²) in [6.45, 7) is 0.142. The maximum absolute atomic E-state index is 13.6. The van der Waals surface area contributed by atoms with Crippen LogP contribution in [0.1, 0.15) is 22.6 Å². The van der Waals surface area contributed by atoms with Crippen molar-refractivity contribution < 1.29 is 13.6 Å². The van der Waals surface area contributed by atoms with Gasteiger partial charge >= 0.3 is 0 Å².